The second-order valence-corrected chi connectivity index (χ2v) is 6.08. The van der Waals surface area contributed by atoms with E-state index < -0.39 is 5.60 Å². The molecule has 132 valence electrons. The highest BCUT2D eigenvalue weighted by molar-refractivity contribution is 5.98. The van der Waals surface area contributed by atoms with Crippen LogP contribution in [0.3, 0.4) is 0 Å². The molecule has 0 saturated heterocycles. The Labute approximate surface area is 146 Å². The Morgan fingerprint density at radius 3 is 3.00 bits per heavy atom. The van der Waals surface area contributed by atoms with Gasteiger partial charge in [-0.3, -0.25) is 4.79 Å². The van der Waals surface area contributed by atoms with Gasteiger partial charge >= 0.3 is 0 Å². The van der Waals surface area contributed by atoms with E-state index in [0.29, 0.717) is 19.0 Å². The summed E-state index contributed by atoms with van der Waals surface area (Å²) in [6.45, 7) is 2.90. The molecule has 7 nitrogen and oxygen atoms in total. The van der Waals surface area contributed by atoms with E-state index in [-0.39, 0.29) is 23.8 Å². The van der Waals surface area contributed by atoms with Crippen molar-refractivity contribution in [2.75, 3.05) is 32.6 Å². The maximum absolute atomic E-state index is 12.5. The molecular weight excluding hydrogens is 320 g/mol. The Morgan fingerprint density at radius 2 is 2.24 bits per heavy atom. The first-order chi connectivity index (χ1) is 12.1. The van der Waals surface area contributed by atoms with Gasteiger partial charge in [-0.1, -0.05) is 24.3 Å². The van der Waals surface area contributed by atoms with E-state index in [4.69, 9.17) is 15.2 Å². The molecule has 3 N–H and O–H groups in total. The van der Waals surface area contributed by atoms with Gasteiger partial charge in [0.15, 0.2) is 0 Å². The van der Waals surface area contributed by atoms with Gasteiger partial charge in [-0.25, -0.2) is 9.97 Å². The average molecular weight is 342 g/mol. The van der Waals surface area contributed by atoms with Crippen molar-refractivity contribution in [1.29, 1.82) is 0 Å². The Kier molecular flexibility index (Phi) is 4.96. The third kappa shape index (κ3) is 3.47. The minimum absolute atomic E-state index is 0.163. The molecule has 1 aromatic heterocycles. The van der Waals surface area contributed by atoms with E-state index in [1.165, 1.54) is 11.8 Å². The minimum Gasteiger partial charge on any atom is -0.383 e. The number of rotatable bonds is 5. The maximum Gasteiger partial charge on any atom is 0.256 e. The number of fused-ring (bicyclic) bond motifs is 1. The van der Waals surface area contributed by atoms with Crippen molar-refractivity contribution in [3.05, 3.63) is 53.0 Å². The number of carbonyl (C=O) groups is 1. The van der Waals surface area contributed by atoms with Gasteiger partial charge in [-0.05, 0) is 24.5 Å². The van der Waals surface area contributed by atoms with Crippen molar-refractivity contribution in [3.63, 3.8) is 0 Å². The molecule has 0 aliphatic carbocycles. The summed E-state index contributed by atoms with van der Waals surface area (Å²) in [6.07, 6.45) is 2.28. The molecule has 1 aliphatic rings. The van der Waals surface area contributed by atoms with Gasteiger partial charge in [0, 0.05) is 13.3 Å². The number of ether oxygens (including phenoxy) is 2. The number of aryl methyl sites for hydroxylation is 1. The molecular formula is C18H22N4O3. The first-order valence-corrected chi connectivity index (χ1v) is 8.14. The van der Waals surface area contributed by atoms with Crippen molar-refractivity contribution in [3.8, 4) is 0 Å². The van der Waals surface area contributed by atoms with Crippen LogP contribution in [-0.2, 0) is 21.5 Å². The number of hydrogen-bond acceptors (Lipinski definition) is 6. The second-order valence-electron chi connectivity index (χ2n) is 6.08. The predicted octanol–water partition coefficient (Wildman–Crippen LogP) is 1.21. The van der Waals surface area contributed by atoms with Crippen LogP contribution in [0.1, 0.15) is 27.3 Å². The quantitative estimate of drug-likeness (QED) is 0.847. The van der Waals surface area contributed by atoms with Crippen molar-refractivity contribution < 1.29 is 14.3 Å². The number of benzene rings is 1. The molecule has 1 aromatic carbocycles. The van der Waals surface area contributed by atoms with E-state index in [1.807, 2.05) is 18.2 Å². The van der Waals surface area contributed by atoms with Gasteiger partial charge in [0.1, 0.15) is 17.2 Å². The zero-order valence-corrected chi connectivity index (χ0v) is 14.4. The lowest BCUT2D eigenvalue weighted by atomic mass is 9.86. The molecule has 1 aliphatic heterocycles. The van der Waals surface area contributed by atoms with Gasteiger partial charge in [0.25, 0.3) is 5.91 Å². The molecule has 7 heteroatoms. The van der Waals surface area contributed by atoms with Crippen LogP contribution in [0.15, 0.2) is 30.5 Å². The number of nitrogens with two attached hydrogens (primary N) is 1. The summed E-state index contributed by atoms with van der Waals surface area (Å²) in [4.78, 5) is 20.6. The number of methoxy groups -OCH3 is 1. The van der Waals surface area contributed by atoms with E-state index >= 15 is 0 Å². The Morgan fingerprint density at radius 1 is 1.44 bits per heavy atom. The number of amides is 1. The van der Waals surface area contributed by atoms with Crippen LogP contribution < -0.4 is 11.1 Å². The van der Waals surface area contributed by atoms with Crippen LogP contribution in [0, 0.1) is 6.92 Å². The molecule has 1 atom stereocenters. The zero-order valence-electron chi connectivity index (χ0n) is 14.4. The number of carbonyl (C=O) groups excluding carboxylic acids is 1. The maximum atomic E-state index is 12.5. The standard InChI is InChI=1S/C18H22N4O3/c1-12-20-9-14(16(19)22-12)17(23)21-10-18(11-24-2)15-6-4-3-5-13(15)7-8-25-18/h3-6,9H,7-8,10-11H2,1-2H3,(H,21,23)(H2,19,20,22). The van der Waals surface area contributed by atoms with Crippen LogP contribution in [0.25, 0.3) is 0 Å². The van der Waals surface area contributed by atoms with Gasteiger partial charge in [0.05, 0.1) is 25.3 Å². The second kappa shape index (κ2) is 7.16. The summed E-state index contributed by atoms with van der Waals surface area (Å²) in [5.41, 5.74) is 7.61. The zero-order chi connectivity index (χ0) is 17.9. The number of aromatic nitrogens is 2. The van der Waals surface area contributed by atoms with E-state index in [0.717, 1.165) is 12.0 Å². The largest absolute Gasteiger partial charge is 0.383 e. The summed E-state index contributed by atoms with van der Waals surface area (Å²) in [5, 5.41) is 2.89. The highest BCUT2D eigenvalue weighted by Crippen LogP contribution is 2.33. The van der Waals surface area contributed by atoms with Crippen molar-refractivity contribution in [1.82, 2.24) is 15.3 Å². The smallest absolute Gasteiger partial charge is 0.256 e. The third-order valence-electron chi connectivity index (χ3n) is 4.35. The third-order valence-corrected chi connectivity index (χ3v) is 4.35. The SMILES string of the molecule is COCC1(CNC(=O)c2cnc(C)nc2N)OCCc2ccccc21. The Hall–Kier alpha value is -2.51. The van der Waals surface area contributed by atoms with Crippen molar-refractivity contribution in [2.24, 2.45) is 0 Å². The molecule has 0 saturated carbocycles. The molecule has 3 rings (SSSR count). The molecule has 0 fully saturated rings. The lowest BCUT2D eigenvalue weighted by Crippen LogP contribution is -2.48. The fourth-order valence-corrected chi connectivity index (χ4v) is 3.15. The van der Waals surface area contributed by atoms with E-state index in [2.05, 4.69) is 21.4 Å². The summed E-state index contributed by atoms with van der Waals surface area (Å²) >= 11 is 0. The molecule has 2 heterocycles. The average Bonchev–Trinajstić information content (AvgIpc) is 2.60. The van der Waals surface area contributed by atoms with E-state index in [9.17, 15) is 4.79 Å². The highest BCUT2D eigenvalue weighted by atomic mass is 16.5. The first kappa shape index (κ1) is 17.3. The lowest BCUT2D eigenvalue weighted by Gasteiger charge is -2.38. The van der Waals surface area contributed by atoms with Crippen LogP contribution in [0.4, 0.5) is 5.82 Å². The molecule has 25 heavy (non-hydrogen) atoms. The molecule has 1 unspecified atom stereocenters. The minimum atomic E-state index is -0.723. The van der Waals surface area contributed by atoms with Gasteiger partial charge in [0.2, 0.25) is 0 Å². The predicted molar refractivity (Wildman–Crippen MR) is 93.2 cm³/mol. The van der Waals surface area contributed by atoms with Crippen LogP contribution in [0.5, 0.6) is 0 Å². The Bertz CT molecular complexity index is 781. The topological polar surface area (TPSA) is 99.4 Å². The molecule has 0 radical (unpaired) electrons. The number of nitrogen functional groups attached to an aromatic ring is 1. The van der Waals surface area contributed by atoms with Gasteiger partial charge in [-0.15, -0.1) is 0 Å². The molecule has 2 aromatic rings. The summed E-state index contributed by atoms with van der Waals surface area (Å²) in [6, 6.07) is 8.06. The first-order valence-electron chi connectivity index (χ1n) is 8.14. The van der Waals surface area contributed by atoms with Crippen LogP contribution >= 0.6 is 0 Å². The monoisotopic (exact) mass is 342 g/mol. The van der Waals surface area contributed by atoms with Crippen molar-refractivity contribution >= 4 is 11.7 Å². The lowest BCUT2D eigenvalue weighted by molar-refractivity contribution is -0.0997. The van der Waals surface area contributed by atoms with Crippen molar-refractivity contribution in [2.45, 2.75) is 18.9 Å². The van der Waals surface area contributed by atoms with Gasteiger partial charge in [-0.2, -0.15) is 0 Å². The molecule has 0 bridgehead atoms. The summed E-state index contributed by atoms with van der Waals surface area (Å²) in [5.74, 6) is 0.352. The summed E-state index contributed by atoms with van der Waals surface area (Å²) in [7, 11) is 1.62. The number of nitrogens with one attached hydrogen (secondary N) is 1. The van der Waals surface area contributed by atoms with E-state index in [1.54, 1.807) is 14.0 Å². The fraction of sp³-hybridized carbons (Fsp3) is 0.389. The molecule has 1 amide bonds. The number of hydrogen-bond donors (Lipinski definition) is 2. The molecule has 0 spiro atoms. The number of nitrogens with zero attached hydrogens (tertiary/aromatic N) is 2. The summed E-state index contributed by atoms with van der Waals surface area (Å²) < 4.78 is 11.5. The Balaban J connectivity index is 1.83. The van der Waals surface area contributed by atoms with Crippen LogP contribution in [0.2, 0.25) is 0 Å². The fourth-order valence-electron chi connectivity index (χ4n) is 3.15. The van der Waals surface area contributed by atoms with Gasteiger partial charge < -0.3 is 20.5 Å². The van der Waals surface area contributed by atoms with Crippen LogP contribution in [-0.4, -0.2) is 42.7 Å². The normalized spacial score (nSPS) is 19.3. The highest BCUT2D eigenvalue weighted by Gasteiger charge is 2.38. The number of anilines is 1.